The number of rotatable bonds is 4. The number of aryl methyl sites for hydroxylation is 1. The molecular formula is C22H24N4. The van der Waals surface area contributed by atoms with Gasteiger partial charge in [-0.25, -0.2) is 4.98 Å². The van der Waals surface area contributed by atoms with Crippen LogP contribution in [0, 0.1) is 6.92 Å². The van der Waals surface area contributed by atoms with E-state index < -0.39 is 0 Å². The summed E-state index contributed by atoms with van der Waals surface area (Å²) in [6.07, 6.45) is 1.03. The molecule has 4 rings (SSSR count). The summed E-state index contributed by atoms with van der Waals surface area (Å²) >= 11 is 0. The van der Waals surface area contributed by atoms with Gasteiger partial charge in [0.2, 0.25) is 5.95 Å². The first-order valence-corrected chi connectivity index (χ1v) is 9.18. The van der Waals surface area contributed by atoms with E-state index in [0.29, 0.717) is 5.92 Å². The molecule has 4 heteroatoms. The quantitative estimate of drug-likeness (QED) is 0.693. The highest BCUT2D eigenvalue weighted by Gasteiger charge is 2.22. The van der Waals surface area contributed by atoms with Gasteiger partial charge in [-0.3, -0.25) is 0 Å². The smallest absolute Gasteiger partial charge is 0.232 e. The molecule has 0 saturated heterocycles. The van der Waals surface area contributed by atoms with E-state index in [0.717, 1.165) is 36.1 Å². The lowest BCUT2D eigenvalue weighted by Gasteiger charge is -2.18. The van der Waals surface area contributed by atoms with Gasteiger partial charge in [0.15, 0.2) is 0 Å². The molecule has 0 unspecified atom stereocenters. The summed E-state index contributed by atoms with van der Waals surface area (Å²) in [5.74, 6) is 2.12. The standard InChI is InChI=1S/C22H24N4/c1-15(2)17-8-10-19(11-9-17)24-21-14-16(3)23-22(25-21)26-13-12-18-6-4-5-7-20(18)26/h4-11,14-15H,12-13H2,1-3H3,(H,23,24,25). The van der Waals surface area contributed by atoms with Gasteiger partial charge in [0.25, 0.3) is 0 Å². The molecule has 0 aliphatic carbocycles. The van der Waals surface area contributed by atoms with Gasteiger partial charge in [-0.15, -0.1) is 0 Å². The molecule has 0 fully saturated rings. The maximum atomic E-state index is 4.77. The van der Waals surface area contributed by atoms with Crippen LogP contribution >= 0.6 is 0 Å². The Morgan fingerprint density at radius 2 is 1.77 bits per heavy atom. The number of hydrogen-bond donors (Lipinski definition) is 1. The summed E-state index contributed by atoms with van der Waals surface area (Å²) in [7, 11) is 0. The van der Waals surface area contributed by atoms with Crippen LogP contribution in [0.25, 0.3) is 0 Å². The van der Waals surface area contributed by atoms with Crippen LogP contribution in [0.15, 0.2) is 54.6 Å². The molecule has 2 heterocycles. The normalized spacial score (nSPS) is 13.2. The van der Waals surface area contributed by atoms with Crippen molar-refractivity contribution >= 4 is 23.1 Å². The Kier molecular flexibility index (Phi) is 4.33. The van der Waals surface area contributed by atoms with Gasteiger partial charge in [-0.1, -0.05) is 44.2 Å². The highest BCUT2D eigenvalue weighted by molar-refractivity contribution is 5.67. The van der Waals surface area contributed by atoms with Crippen LogP contribution in [0.2, 0.25) is 0 Å². The van der Waals surface area contributed by atoms with E-state index in [1.165, 1.54) is 16.8 Å². The van der Waals surface area contributed by atoms with Crippen molar-refractivity contribution in [2.24, 2.45) is 0 Å². The molecule has 0 bridgehead atoms. The molecule has 2 aromatic carbocycles. The van der Waals surface area contributed by atoms with Crippen LogP contribution in [0.4, 0.5) is 23.1 Å². The average molecular weight is 344 g/mol. The van der Waals surface area contributed by atoms with Crippen molar-refractivity contribution in [1.82, 2.24) is 9.97 Å². The number of benzene rings is 2. The number of aromatic nitrogens is 2. The number of fused-ring (bicyclic) bond motifs is 1. The van der Waals surface area contributed by atoms with E-state index in [1.807, 2.05) is 13.0 Å². The molecule has 1 aromatic heterocycles. The molecule has 0 atom stereocenters. The van der Waals surface area contributed by atoms with Crippen molar-refractivity contribution in [2.45, 2.75) is 33.1 Å². The molecule has 1 N–H and O–H groups in total. The van der Waals surface area contributed by atoms with E-state index in [-0.39, 0.29) is 0 Å². The van der Waals surface area contributed by atoms with Crippen molar-refractivity contribution < 1.29 is 0 Å². The van der Waals surface area contributed by atoms with Crippen molar-refractivity contribution in [2.75, 3.05) is 16.8 Å². The average Bonchev–Trinajstić information content (AvgIpc) is 3.06. The third kappa shape index (κ3) is 3.27. The molecule has 0 saturated carbocycles. The lowest BCUT2D eigenvalue weighted by atomic mass is 10.0. The van der Waals surface area contributed by atoms with Crippen molar-refractivity contribution in [3.63, 3.8) is 0 Å². The maximum Gasteiger partial charge on any atom is 0.232 e. The topological polar surface area (TPSA) is 41.1 Å². The largest absolute Gasteiger partial charge is 0.340 e. The van der Waals surface area contributed by atoms with Crippen LogP contribution in [-0.4, -0.2) is 16.5 Å². The lowest BCUT2D eigenvalue weighted by Crippen LogP contribution is -2.17. The van der Waals surface area contributed by atoms with E-state index in [4.69, 9.17) is 4.98 Å². The molecule has 1 aliphatic heterocycles. The monoisotopic (exact) mass is 344 g/mol. The predicted octanol–water partition coefficient (Wildman–Crippen LogP) is 5.35. The van der Waals surface area contributed by atoms with Gasteiger partial charge in [-0.05, 0) is 48.6 Å². The van der Waals surface area contributed by atoms with E-state index in [2.05, 4.69) is 77.6 Å². The SMILES string of the molecule is Cc1cc(Nc2ccc(C(C)C)cc2)nc(N2CCc3ccccc32)n1. The third-order valence-corrected chi connectivity index (χ3v) is 4.82. The number of nitrogens with zero attached hydrogens (tertiary/aromatic N) is 3. The number of hydrogen-bond acceptors (Lipinski definition) is 4. The minimum Gasteiger partial charge on any atom is -0.340 e. The number of para-hydroxylation sites is 1. The fourth-order valence-electron chi connectivity index (χ4n) is 3.38. The Morgan fingerprint density at radius 1 is 1.00 bits per heavy atom. The molecular weight excluding hydrogens is 320 g/mol. The summed E-state index contributed by atoms with van der Waals surface area (Å²) in [5.41, 5.74) is 5.91. The van der Waals surface area contributed by atoms with Crippen LogP contribution in [0.3, 0.4) is 0 Å². The van der Waals surface area contributed by atoms with Crippen LogP contribution in [0.5, 0.6) is 0 Å². The van der Waals surface area contributed by atoms with Crippen LogP contribution in [-0.2, 0) is 6.42 Å². The van der Waals surface area contributed by atoms with Gasteiger partial charge in [0.05, 0.1) is 0 Å². The van der Waals surface area contributed by atoms with Crippen molar-refractivity contribution in [1.29, 1.82) is 0 Å². The maximum absolute atomic E-state index is 4.77. The Labute approximate surface area is 154 Å². The first kappa shape index (κ1) is 16.6. The van der Waals surface area contributed by atoms with Gasteiger partial charge in [-0.2, -0.15) is 4.98 Å². The molecule has 3 aromatic rings. The highest BCUT2D eigenvalue weighted by atomic mass is 15.3. The van der Waals surface area contributed by atoms with E-state index in [1.54, 1.807) is 0 Å². The van der Waals surface area contributed by atoms with Crippen LogP contribution in [0.1, 0.15) is 36.6 Å². The third-order valence-electron chi connectivity index (χ3n) is 4.82. The molecule has 26 heavy (non-hydrogen) atoms. The number of nitrogens with one attached hydrogen (secondary N) is 1. The lowest BCUT2D eigenvalue weighted by molar-refractivity contribution is 0.867. The molecule has 132 valence electrons. The Morgan fingerprint density at radius 3 is 2.54 bits per heavy atom. The second-order valence-corrected chi connectivity index (χ2v) is 7.13. The fourth-order valence-corrected chi connectivity index (χ4v) is 3.38. The second-order valence-electron chi connectivity index (χ2n) is 7.13. The molecule has 4 nitrogen and oxygen atoms in total. The molecule has 1 aliphatic rings. The first-order chi connectivity index (χ1) is 12.6. The van der Waals surface area contributed by atoms with Gasteiger partial charge in [0.1, 0.15) is 5.82 Å². The van der Waals surface area contributed by atoms with Gasteiger partial charge < -0.3 is 10.2 Å². The summed E-state index contributed by atoms with van der Waals surface area (Å²) in [6.45, 7) is 7.35. The van der Waals surface area contributed by atoms with E-state index in [9.17, 15) is 0 Å². The number of anilines is 4. The van der Waals surface area contributed by atoms with Crippen LogP contribution < -0.4 is 10.2 Å². The molecule has 0 radical (unpaired) electrons. The molecule has 0 amide bonds. The Bertz CT molecular complexity index is 916. The van der Waals surface area contributed by atoms with Gasteiger partial charge >= 0.3 is 0 Å². The Hall–Kier alpha value is -2.88. The first-order valence-electron chi connectivity index (χ1n) is 9.18. The van der Waals surface area contributed by atoms with Crippen molar-refractivity contribution in [3.8, 4) is 0 Å². The predicted molar refractivity (Wildman–Crippen MR) is 108 cm³/mol. The summed E-state index contributed by atoms with van der Waals surface area (Å²) < 4.78 is 0. The zero-order chi connectivity index (χ0) is 18.1. The van der Waals surface area contributed by atoms with Gasteiger partial charge in [0, 0.05) is 29.7 Å². The molecule has 0 spiro atoms. The summed E-state index contributed by atoms with van der Waals surface area (Å²) in [6, 6.07) is 19.0. The Balaban J connectivity index is 1.61. The minimum absolute atomic E-state index is 0.534. The minimum atomic E-state index is 0.534. The highest BCUT2D eigenvalue weighted by Crippen LogP contribution is 2.33. The van der Waals surface area contributed by atoms with E-state index >= 15 is 0 Å². The zero-order valence-electron chi connectivity index (χ0n) is 15.5. The summed E-state index contributed by atoms with van der Waals surface area (Å²) in [5, 5.41) is 3.42. The van der Waals surface area contributed by atoms with Crippen molar-refractivity contribution in [3.05, 3.63) is 71.4 Å². The second kappa shape index (κ2) is 6.79. The summed E-state index contributed by atoms with van der Waals surface area (Å²) in [4.78, 5) is 11.6. The fraction of sp³-hybridized carbons (Fsp3) is 0.273. The zero-order valence-corrected chi connectivity index (χ0v) is 15.5.